The molecule has 0 radical (unpaired) electrons. The van der Waals surface area contributed by atoms with Crippen LogP contribution in [0.2, 0.25) is 0 Å². The van der Waals surface area contributed by atoms with E-state index in [1.165, 1.54) is 0 Å². The van der Waals surface area contributed by atoms with Crippen LogP contribution >= 0.6 is 15.9 Å². The highest BCUT2D eigenvalue weighted by molar-refractivity contribution is 9.10. The number of nitrogens with two attached hydrogens (primary N) is 1. The molecule has 1 aromatic heterocycles. The third kappa shape index (κ3) is 1.27. The van der Waals surface area contributed by atoms with Crippen LogP contribution in [-0.4, -0.2) is 4.98 Å². The fraction of sp³-hybridized carbons (Fsp3) is 0.167. The number of hydrogen-bond donors (Lipinski definition) is 2. The van der Waals surface area contributed by atoms with Crippen LogP contribution < -0.4 is 11.3 Å². The molecule has 3 N–H and O–H groups in total. The van der Waals surface area contributed by atoms with Gasteiger partial charge in [0.2, 0.25) is 0 Å². The van der Waals surface area contributed by atoms with Crippen LogP contribution in [0.3, 0.4) is 0 Å². The van der Waals surface area contributed by atoms with Crippen molar-refractivity contribution in [2.45, 2.75) is 6.92 Å². The summed E-state index contributed by atoms with van der Waals surface area (Å²) in [4.78, 5) is 4.04. The molecule has 0 aliphatic rings. The molecule has 10 heavy (non-hydrogen) atoms. The largest absolute Gasteiger partial charge is 0.323 e. The van der Waals surface area contributed by atoms with Crippen molar-refractivity contribution >= 4 is 21.6 Å². The number of aryl methyl sites for hydroxylation is 1. The highest BCUT2D eigenvalue weighted by atomic mass is 79.9. The van der Waals surface area contributed by atoms with Crippen LogP contribution in [0.15, 0.2) is 16.7 Å². The molecular formula is C6H8BrN3. The van der Waals surface area contributed by atoms with Crippen molar-refractivity contribution in [1.29, 1.82) is 0 Å². The molecule has 0 atom stereocenters. The van der Waals surface area contributed by atoms with Gasteiger partial charge in [0.05, 0.1) is 15.9 Å². The number of aromatic nitrogens is 1. The Balaban J connectivity index is 3.14. The fourth-order valence-electron chi connectivity index (χ4n) is 0.660. The molecular weight excluding hydrogens is 194 g/mol. The topological polar surface area (TPSA) is 50.9 Å². The van der Waals surface area contributed by atoms with E-state index in [4.69, 9.17) is 5.84 Å². The first-order chi connectivity index (χ1) is 4.75. The van der Waals surface area contributed by atoms with E-state index in [1.54, 1.807) is 12.3 Å². The number of halogens is 1. The average Bonchev–Trinajstić information content (AvgIpc) is 1.95. The molecule has 0 aliphatic heterocycles. The number of nitrogens with zero attached hydrogens (tertiary/aromatic N) is 1. The predicted molar refractivity (Wildman–Crippen MR) is 44.5 cm³/mol. The Hall–Kier alpha value is -0.610. The maximum absolute atomic E-state index is 5.21. The Morgan fingerprint density at radius 1 is 1.70 bits per heavy atom. The van der Waals surface area contributed by atoms with Crippen LogP contribution in [0.4, 0.5) is 5.69 Å². The zero-order chi connectivity index (χ0) is 7.56. The van der Waals surface area contributed by atoms with Gasteiger partial charge in [-0.15, -0.1) is 0 Å². The van der Waals surface area contributed by atoms with Crippen LogP contribution in [0.1, 0.15) is 5.69 Å². The first-order valence-corrected chi connectivity index (χ1v) is 3.62. The molecule has 0 saturated heterocycles. The molecule has 0 amide bonds. The third-order valence-corrected chi connectivity index (χ3v) is 2.22. The molecule has 0 unspecified atom stereocenters. The Morgan fingerprint density at radius 2 is 2.40 bits per heavy atom. The number of hydrazine groups is 1. The molecule has 1 heterocycles. The Labute approximate surface area is 67.7 Å². The quantitative estimate of drug-likeness (QED) is 0.535. The molecule has 0 spiro atoms. The lowest BCUT2D eigenvalue weighted by Crippen LogP contribution is -2.07. The second kappa shape index (κ2) is 2.98. The van der Waals surface area contributed by atoms with Gasteiger partial charge >= 0.3 is 0 Å². The second-order valence-corrected chi connectivity index (χ2v) is 2.70. The van der Waals surface area contributed by atoms with Crippen LogP contribution in [0.5, 0.6) is 0 Å². The van der Waals surface area contributed by atoms with E-state index in [-0.39, 0.29) is 0 Å². The molecule has 1 rings (SSSR count). The van der Waals surface area contributed by atoms with Crippen molar-refractivity contribution in [2.75, 3.05) is 5.43 Å². The summed E-state index contributed by atoms with van der Waals surface area (Å²) in [6, 6.07) is 1.80. The lowest BCUT2D eigenvalue weighted by Gasteiger charge is -2.03. The van der Waals surface area contributed by atoms with Gasteiger partial charge in [0.1, 0.15) is 0 Å². The van der Waals surface area contributed by atoms with Crippen LogP contribution in [-0.2, 0) is 0 Å². The van der Waals surface area contributed by atoms with E-state index in [0.29, 0.717) is 0 Å². The van der Waals surface area contributed by atoms with Crippen molar-refractivity contribution in [3.63, 3.8) is 0 Å². The first kappa shape index (κ1) is 7.50. The standard InChI is InChI=1S/C6H8BrN3/c1-4-6(7)5(10-8)2-3-9-4/h2-3H,8H2,1H3,(H,9,10). The van der Waals surface area contributed by atoms with E-state index in [1.807, 2.05) is 6.92 Å². The summed E-state index contributed by atoms with van der Waals surface area (Å²) in [7, 11) is 0. The normalized spacial score (nSPS) is 9.50. The maximum atomic E-state index is 5.21. The summed E-state index contributed by atoms with van der Waals surface area (Å²) in [5.74, 6) is 5.21. The maximum Gasteiger partial charge on any atom is 0.0661 e. The number of nitrogen functional groups attached to an aromatic ring is 1. The van der Waals surface area contributed by atoms with E-state index >= 15 is 0 Å². The molecule has 0 aliphatic carbocycles. The molecule has 4 heteroatoms. The summed E-state index contributed by atoms with van der Waals surface area (Å²) in [5.41, 5.74) is 4.33. The van der Waals surface area contributed by atoms with Gasteiger partial charge in [0, 0.05) is 6.20 Å². The highest BCUT2D eigenvalue weighted by Crippen LogP contribution is 2.22. The van der Waals surface area contributed by atoms with Crippen molar-refractivity contribution in [3.8, 4) is 0 Å². The average molecular weight is 202 g/mol. The summed E-state index contributed by atoms with van der Waals surface area (Å²) in [6.45, 7) is 1.91. The second-order valence-electron chi connectivity index (χ2n) is 1.90. The van der Waals surface area contributed by atoms with Gasteiger partial charge in [0.25, 0.3) is 0 Å². The minimum absolute atomic E-state index is 0.854. The lowest BCUT2D eigenvalue weighted by molar-refractivity contribution is 1.17. The molecule has 0 saturated carbocycles. The van der Waals surface area contributed by atoms with Gasteiger partial charge in [-0.25, -0.2) is 0 Å². The van der Waals surface area contributed by atoms with Crippen LogP contribution in [0.25, 0.3) is 0 Å². The predicted octanol–water partition coefficient (Wildman–Crippen LogP) is 1.44. The molecule has 0 fully saturated rings. The van der Waals surface area contributed by atoms with Gasteiger partial charge in [0.15, 0.2) is 0 Å². The van der Waals surface area contributed by atoms with E-state index in [9.17, 15) is 0 Å². The summed E-state index contributed by atoms with van der Waals surface area (Å²) in [6.07, 6.45) is 1.70. The first-order valence-electron chi connectivity index (χ1n) is 2.83. The molecule has 0 aromatic carbocycles. The Morgan fingerprint density at radius 3 is 2.90 bits per heavy atom. The molecule has 0 bridgehead atoms. The van der Waals surface area contributed by atoms with Gasteiger partial charge in [-0.2, -0.15) is 0 Å². The zero-order valence-electron chi connectivity index (χ0n) is 5.56. The van der Waals surface area contributed by atoms with Crippen molar-refractivity contribution in [1.82, 2.24) is 4.98 Å². The number of anilines is 1. The number of pyridine rings is 1. The van der Waals surface area contributed by atoms with Gasteiger partial charge < -0.3 is 5.43 Å². The fourth-order valence-corrected chi connectivity index (χ4v) is 1.01. The van der Waals surface area contributed by atoms with E-state index in [2.05, 4.69) is 26.3 Å². The molecule has 54 valence electrons. The number of rotatable bonds is 1. The molecule has 3 nitrogen and oxygen atoms in total. The lowest BCUT2D eigenvalue weighted by atomic mass is 10.3. The van der Waals surface area contributed by atoms with Gasteiger partial charge in [-0.1, -0.05) is 0 Å². The van der Waals surface area contributed by atoms with Gasteiger partial charge in [-0.3, -0.25) is 10.8 Å². The Kier molecular flexibility index (Phi) is 2.24. The summed E-state index contributed by atoms with van der Waals surface area (Å²) in [5, 5.41) is 0. The smallest absolute Gasteiger partial charge is 0.0661 e. The number of nitrogens with one attached hydrogen (secondary N) is 1. The van der Waals surface area contributed by atoms with E-state index in [0.717, 1.165) is 15.9 Å². The van der Waals surface area contributed by atoms with E-state index < -0.39 is 0 Å². The summed E-state index contributed by atoms with van der Waals surface area (Å²) >= 11 is 3.34. The minimum atomic E-state index is 0.854. The van der Waals surface area contributed by atoms with Crippen molar-refractivity contribution in [3.05, 3.63) is 22.4 Å². The monoisotopic (exact) mass is 201 g/mol. The zero-order valence-corrected chi connectivity index (χ0v) is 7.14. The highest BCUT2D eigenvalue weighted by Gasteiger charge is 1.99. The van der Waals surface area contributed by atoms with Crippen LogP contribution in [0, 0.1) is 6.92 Å². The number of hydrogen-bond acceptors (Lipinski definition) is 3. The summed E-state index contributed by atoms with van der Waals surface area (Å²) < 4.78 is 0.914. The minimum Gasteiger partial charge on any atom is -0.323 e. The van der Waals surface area contributed by atoms with Crippen molar-refractivity contribution in [2.24, 2.45) is 5.84 Å². The third-order valence-electron chi connectivity index (χ3n) is 1.22. The van der Waals surface area contributed by atoms with Crippen molar-refractivity contribution < 1.29 is 0 Å². The Bertz CT molecular complexity index is 236. The SMILES string of the molecule is Cc1nccc(NN)c1Br. The van der Waals surface area contributed by atoms with Gasteiger partial charge in [-0.05, 0) is 28.9 Å². The molecule has 1 aromatic rings.